The first-order chi connectivity index (χ1) is 7.97. The van der Waals surface area contributed by atoms with Crippen molar-refractivity contribution in [3.8, 4) is 0 Å². The molecule has 0 spiro atoms. The van der Waals surface area contributed by atoms with Crippen molar-refractivity contribution in [1.29, 1.82) is 0 Å². The van der Waals surface area contributed by atoms with Crippen LogP contribution in [0.1, 0.15) is 13.3 Å². The van der Waals surface area contributed by atoms with Gasteiger partial charge in [0.15, 0.2) is 0 Å². The topological polar surface area (TPSA) is 70.7 Å². The van der Waals surface area contributed by atoms with Crippen molar-refractivity contribution >= 4 is 10.2 Å². The van der Waals surface area contributed by atoms with Crippen LogP contribution in [0, 0.1) is 5.92 Å². The Morgan fingerprint density at radius 3 is 2.82 bits per heavy atom. The first-order valence-electron chi connectivity index (χ1n) is 5.90. The first-order valence-corrected chi connectivity index (χ1v) is 7.34. The SMILES string of the molecule is COCCN(C)S(=O)(=O)NC1CCNCC1C. The minimum Gasteiger partial charge on any atom is -0.383 e. The molecule has 2 N–H and O–H groups in total. The van der Waals surface area contributed by atoms with Crippen LogP contribution in [-0.2, 0) is 14.9 Å². The molecule has 1 aliphatic rings. The maximum Gasteiger partial charge on any atom is 0.279 e. The van der Waals surface area contributed by atoms with Crippen molar-refractivity contribution in [3.05, 3.63) is 0 Å². The molecule has 0 saturated carbocycles. The van der Waals surface area contributed by atoms with E-state index in [1.807, 2.05) is 0 Å². The Morgan fingerprint density at radius 1 is 1.53 bits per heavy atom. The lowest BCUT2D eigenvalue weighted by Crippen LogP contribution is -2.52. The molecule has 0 aliphatic carbocycles. The standard InChI is InChI=1S/C10H23N3O3S/c1-9-8-11-5-4-10(9)12-17(14,15)13(2)6-7-16-3/h9-12H,4-8H2,1-3H3. The van der Waals surface area contributed by atoms with Crippen LogP contribution in [0.15, 0.2) is 0 Å². The van der Waals surface area contributed by atoms with E-state index < -0.39 is 10.2 Å². The van der Waals surface area contributed by atoms with Crippen molar-refractivity contribution in [2.75, 3.05) is 40.4 Å². The largest absolute Gasteiger partial charge is 0.383 e. The molecule has 0 amide bonds. The molecule has 1 rings (SSSR count). The smallest absolute Gasteiger partial charge is 0.279 e. The fraction of sp³-hybridized carbons (Fsp3) is 1.00. The highest BCUT2D eigenvalue weighted by Gasteiger charge is 2.27. The minimum atomic E-state index is -3.39. The van der Waals surface area contributed by atoms with Gasteiger partial charge in [-0.1, -0.05) is 6.92 Å². The quantitative estimate of drug-likeness (QED) is 0.672. The number of nitrogens with zero attached hydrogens (tertiary/aromatic N) is 1. The fourth-order valence-corrected chi connectivity index (χ4v) is 3.04. The second-order valence-electron chi connectivity index (χ2n) is 4.51. The lowest BCUT2D eigenvalue weighted by Gasteiger charge is -2.31. The van der Waals surface area contributed by atoms with Gasteiger partial charge in [0.1, 0.15) is 0 Å². The Morgan fingerprint density at radius 2 is 2.24 bits per heavy atom. The van der Waals surface area contributed by atoms with Crippen LogP contribution < -0.4 is 10.0 Å². The molecule has 2 atom stereocenters. The number of hydrogen-bond acceptors (Lipinski definition) is 4. The molecular weight excluding hydrogens is 242 g/mol. The third kappa shape index (κ3) is 4.51. The summed E-state index contributed by atoms with van der Waals surface area (Å²) < 4.78 is 32.9. The molecule has 1 fully saturated rings. The minimum absolute atomic E-state index is 0.0197. The lowest BCUT2D eigenvalue weighted by molar-refractivity contribution is 0.184. The van der Waals surface area contributed by atoms with Gasteiger partial charge in [0.05, 0.1) is 6.61 Å². The van der Waals surface area contributed by atoms with Crippen LogP contribution in [0.3, 0.4) is 0 Å². The molecule has 102 valence electrons. The average molecular weight is 265 g/mol. The molecule has 1 aliphatic heterocycles. The average Bonchev–Trinajstić information content (AvgIpc) is 2.28. The Labute approximate surface area is 104 Å². The molecule has 0 aromatic carbocycles. The van der Waals surface area contributed by atoms with Gasteiger partial charge in [-0.05, 0) is 25.4 Å². The number of methoxy groups -OCH3 is 1. The first kappa shape index (κ1) is 14.8. The third-order valence-electron chi connectivity index (χ3n) is 3.11. The van der Waals surface area contributed by atoms with E-state index in [2.05, 4.69) is 17.0 Å². The number of piperidine rings is 1. The number of likely N-dealkylation sites (N-methyl/N-ethyl adjacent to an activating group) is 1. The van der Waals surface area contributed by atoms with Gasteiger partial charge >= 0.3 is 0 Å². The van der Waals surface area contributed by atoms with Gasteiger partial charge in [-0.25, -0.2) is 0 Å². The highest BCUT2D eigenvalue weighted by atomic mass is 32.2. The zero-order valence-electron chi connectivity index (χ0n) is 10.8. The molecule has 0 radical (unpaired) electrons. The van der Waals surface area contributed by atoms with Crippen molar-refractivity contribution in [2.45, 2.75) is 19.4 Å². The molecule has 1 heterocycles. The summed E-state index contributed by atoms with van der Waals surface area (Å²) in [7, 11) is -0.269. The van der Waals surface area contributed by atoms with E-state index in [1.54, 1.807) is 14.2 Å². The van der Waals surface area contributed by atoms with Gasteiger partial charge in [0.25, 0.3) is 10.2 Å². The number of ether oxygens (including phenoxy) is 1. The monoisotopic (exact) mass is 265 g/mol. The normalized spacial score (nSPS) is 26.4. The molecule has 0 aromatic heterocycles. The summed E-state index contributed by atoms with van der Waals surface area (Å²) in [5, 5.41) is 3.25. The summed E-state index contributed by atoms with van der Waals surface area (Å²) in [6.07, 6.45) is 0.832. The summed E-state index contributed by atoms with van der Waals surface area (Å²) in [6, 6.07) is 0.0197. The molecular formula is C10H23N3O3S. The van der Waals surface area contributed by atoms with E-state index in [0.717, 1.165) is 19.5 Å². The van der Waals surface area contributed by atoms with Crippen LogP contribution >= 0.6 is 0 Å². The highest BCUT2D eigenvalue weighted by molar-refractivity contribution is 7.87. The zero-order chi connectivity index (χ0) is 12.9. The van der Waals surface area contributed by atoms with Gasteiger partial charge in [0, 0.05) is 26.7 Å². The Kier molecular flexibility index (Phi) is 5.81. The number of hydrogen-bond donors (Lipinski definition) is 2. The zero-order valence-corrected chi connectivity index (χ0v) is 11.6. The van der Waals surface area contributed by atoms with Crippen molar-refractivity contribution in [2.24, 2.45) is 5.92 Å². The summed E-state index contributed by atoms with van der Waals surface area (Å²) >= 11 is 0. The van der Waals surface area contributed by atoms with Crippen LogP contribution in [0.25, 0.3) is 0 Å². The molecule has 17 heavy (non-hydrogen) atoms. The van der Waals surface area contributed by atoms with Crippen molar-refractivity contribution in [3.63, 3.8) is 0 Å². The Hall–Kier alpha value is -0.210. The van der Waals surface area contributed by atoms with Crippen molar-refractivity contribution < 1.29 is 13.2 Å². The van der Waals surface area contributed by atoms with E-state index in [1.165, 1.54) is 4.31 Å². The van der Waals surface area contributed by atoms with Gasteiger partial charge in [-0.3, -0.25) is 0 Å². The lowest BCUT2D eigenvalue weighted by atomic mass is 9.97. The predicted octanol–water partition coefficient (Wildman–Crippen LogP) is -0.603. The highest BCUT2D eigenvalue weighted by Crippen LogP contribution is 2.12. The summed E-state index contributed by atoms with van der Waals surface area (Å²) in [5.74, 6) is 0.314. The van der Waals surface area contributed by atoms with E-state index >= 15 is 0 Å². The van der Waals surface area contributed by atoms with Crippen LogP contribution in [0.5, 0.6) is 0 Å². The molecule has 7 heteroatoms. The summed E-state index contributed by atoms with van der Waals surface area (Å²) in [4.78, 5) is 0. The van der Waals surface area contributed by atoms with Crippen LogP contribution in [0.2, 0.25) is 0 Å². The van der Waals surface area contributed by atoms with Gasteiger partial charge in [-0.2, -0.15) is 17.4 Å². The van der Waals surface area contributed by atoms with E-state index in [-0.39, 0.29) is 6.04 Å². The fourth-order valence-electron chi connectivity index (χ4n) is 1.81. The van der Waals surface area contributed by atoms with Gasteiger partial charge in [0.2, 0.25) is 0 Å². The number of rotatable bonds is 6. The van der Waals surface area contributed by atoms with Gasteiger partial charge < -0.3 is 10.1 Å². The maximum absolute atomic E-state index is 12.0. The Balaban J connectivity index is 2.52. The van der Waals surface area contributed by atoms with Crippen LogP contribution in [-0.4, -0.2) is 59.2 Å². The van der Waals surface area contributed by atoms with Crippen LogP contribution in [0.4, 0.5) is 0 Å². The molecule has 0 bridgehead atoms. The molecule has 1 saturated heterocycles. The van der Waals surface area contributed by atoms with E-state index in [4.69, 9.17) is 4.74 Å². The molecule has 0 aromatic rings. The number of nitrogens with one attached hydrogen (secondary N) is 2. The summed E-state index contributed by atoms with van der Waals surface area (Å²) in [5.41, 5.74) is 0. The molecule has 6 nitrogen and oxygen atoms in total. The molecule has 2 unspecified atom stereocenters. The van der Waals surface area contributed by atoms with E-state index in [9.17, 15) is 8.42 Å². The van der Waals surface area contributed by atoms with Gasteiger partial charge in [-0.15, -0.1) is 0 Å². The van der Waals surface area contributed by atoms with E-state index in [0.29, 0.717) is 19.1 Å². The second-order valence-corrected chi connectivity index (χ2v) is 6.32. The van der Waals surface area contributed by atoms with Crippen molar-refractivity contribution in [1.82, 2.24) is 14.3 Å². The second kappa shape index (κ2) is 6.65. The Bertz CT molecular complexity index is 321. The maximum atomic E-state index is 12.0. The predicted molar refractivity (Wildman–Crippen MR) is 67.0 cm³/mol. The summed E-state index contributed by atoms with van der Waals surface area (Å²) in [6.45, 7) is 4.53. The third-order valence-corrected chi connectivity index (χ3v) is 4.71.